The summed E-state index contributed by atoms with van der Waals surface area (Å²) in [5, 5.41) is 0. The van der Waals surface area contributed by atoms with Crippen LogP contribution in [0.1, 0.15) is 22.8 Å². The van der Waals surface area contributed by atoms with Crippen LogP contribution in [0.3, 0.4) is 0 Å². The third-order valence-corrected chi connectivity index (χ3v) is 5.43. The zero-order chi connectivity index (χ0) is 15.4. The molecule has 21 heavy (non-hydrogen) atoms. The highest BCUT2D eigenvalue weighted by molar-refractivity contribution is 9.10. The van der Waals surface area contributed by atoms with E-state index in [0.29, 0.717) is 17.1 Å². The van der Waals surface area contributed by atoms with Gasteiger partial charge in [-0.25, -0.2) is 0 Å². The second-order valence-electron chi connectivity index (χ2n) is 4.50. The molecule has 0 saturated carbocycles. The Kier molecular flexibility index (Phi) is 5.31. The van der Waals surface area contributed by atoms with Crippen LogP contribution in [0.15, 0.2) is 51.8 Å². The largest absolute Gasteiger partial charge is 0.496 e. The number of hydrogen-bond acceptors (Lipinski definition) is 3. The predicted molar refractivity (Wildman–Crippen MR) is 87.3 cm³/mol. The van der Waals surface area contributed by atoms with Crippen LogP contribution < -0.4 is 4.74 Å². The van der Waals surface area contributed by atoms with E-state index in [0.717, 1.165) is 14.9 Å². The molecule has 0 radical (unpaired) electrons. The maximum atomic E-state index is 12.5. The number of benzene rings is 2. The van der Waals surface area contributed by atoms with Gasteiger partial charge in [0.2, 0.25) is 0 Å². The summed E-state index contributed by atoms with van der Waals surface area (Å²) < 4.78 is 18.6. The Hall–Kier alpha value is -1.46. The number of halogens is 1. The fraction of sp³-hybridized carbons (Fsp3) is 0.188. The van der Waals surface area contributed by atoms with Crippen LogP contribution in [0.2, 0.25) is 0 Å². The molecule has 2 aromatic rings. The molecule has 0 amide bonds. The van der Waals surface area contributed by atoms with Gasteiger partial charge in [0.25, 0.3) is 0 Å². The van der Waals surface area contributed by atoms with E-state index >= 15 is 0 Å². The van der Waals surface area contributed by atoms with Crippen LogP contribution in [0.5, 0.6) is 5.75 Å². The summed E-state index contributed by atoms with van der Waals surface area (Å²) in [6, 6.07) is 12.6. The van der Waals surface area contributed by atoms with Gasteiger partial charge in [-0.3, -0.25) is 9.00 Å². The molecule has 0 aromatic heterocycles. The van der Waals surface area contributed by atoms with E-state index in [1.165, 1.54) is 6.92 Å². The molecule has 0 fully saturated rings. The van der Waals surface area contributed by atoms with Crippen LogP contribution in [-0.4, -0.2) is 17.1 Å². The average Bonchev–Trinajstić information content (AvgIpc) is 2.47. The molecule has 0 aliphatic heterocycles. The van der Waals surface area contributed by atoms with Gasteiger partial charge in [0.1, 0.15) is 5.75 Å². The van der Waals surface area contributed by atoms with Crippen molar-refractivity contribution in [2.45, 2.75) is 17.6 Å². The summed E-state index contributed by atoms with van der Waals surface area (Å²) in [6.45, 7) is 1.51. The van der Waals surface area contributed by atoms with Crippen LogP contribution >= 0.6 is 15.9 Å². The fourth-order valence-electron chi connectivity index (χ4n) is 1.96. The van der Waals surface area contributed by atoms with E-state index in [-0.39, 0.29) is 5.78 Å². The summed E-state index contributed by atoms with van der Waals surface area (Å²) >= 11 is 3.41. The average molecular weight is 367 g/mol. The maximum absolute atomic E-state index is 12.5. The Labute approximate surface area is 134 Å². The lowest BCUT2D eigenvalue weighted by atomic mass is 10.1. The Morgan fingerprint density at radius 2 is 1.95 bits per heavy atom. The molecule has 2 aromatic carbocycles. The van der Waals surface area contributed by atoms with Gasteiger partial charge in [0.15, 0.2) is 5.78 Å². The molecule has 0 aliphatic carbocycles. The van der Waals surface area contributed by atoms with Crippen LogP contribution in [0, 0.1) is 0 Å². The minimum absolute atomic E-state index is 0.0226. The Balaban J connectivity index is 2.34. The smallest absolute Gasteiger partial charge is 0.159 e. The number of methoxy groups -OCH3 is 1. The number of rotatable bonds is 5. The number of ether oxygens (including phenoxy) is 1. The molecule has 2 rings (SSSR count). The van der Waals surface area contributed by atoms with E-state index in [1.807, 2.05) is 24.3 Å². The zero-order valence-corrected chi connectivity index (χ0v) is 14.2. The van der Waals surface area contributed by atoms with Gasteiger partial charge in [0.05, 0.1) is 28.6 Å². The van der Waals surface area contributed by atoms with E-state index in [2.05, 4.69) is 15.9 Å². The molecular formula is C16H15BrO3S. The number of Topliss-reactive ketones (excluding diaryl/α,β-unsaturated/α-hetero) is 1. The standard InChI is InChI=1S/C16H15BrO3S/c1-11(18)12-7-8-15(20-2)13(9-12)10-21(19)16-6-4-3-5-14(16)17/h3-9H,10H2,1-2H3. The second kappa shape index (κ2) is 7.00. The Morgan fingerprint density at radius 3 is 2.57 bits per heavy atom. The monoisotopic (exact) mass is 366 g/mol. The summed E-state index contributed by atoms with van der Waals surface area (Å²) in [5.41, 5.74) is 1.36. The van der Waals surface area contributed by atoms with E-state index in [4.69, 9.17) is 4.74 Å². The third kappa shape index (κ3) is 3.80. The molecule has 0 N–H and O–H groups in total. The minimum atomic E-state index is -1.22. The van der Waals surface area contributed by atoms with E-state index in [1.54, 1.807) is 25.3 Å². The van der Waals surface area contributed by atoms with Crippen molar-refractivity contribution >= 4 is 32.5 Å². The second-order valence-corrected chi connectivity index (χ2v) is 6.78. The van der Waals surface area contributed by atoms with Crippen LogP contribution in [0.25, 0.3) is 0 Å². The molecule has 0 heterocycles. The lowest BCUT2D eigenvalue weighted by molar-refractivity contribution is 0.101. The van der Waals surface area contributed by atoms with Crippen molar-refractivity contribution < 1.29 is 13.7 Å². The summed E-state index contributed by atoms with van der Waals surface area (Å²) in [7, 11) is 0.346. The number of carbonyl (C=O) groups excluding carboxylic acids is 1. The first kappa shape index (κ1) is 15.9. The molecule has 3 nitrogen and oxygen atoms in total. The van der Waals surface area contributed by atoms with Gasteiger partial charge in [-0.05, 0) is 53.2 Å². The van der Waals surface area contributed by atoms with Gasteiger partial charge in [0, 0.05) is 15.6 Å². The normalized spacial score (nSPS) is 12.0. The fourth-order valence-corrected chi connectivity index (χ4v) is 3.96. The molecule has 1 atom stereocenters. The Morgan fingerprint density at radius 1 is 1.24 bits per heavy atom. The summed E-state index contributed by atoms with van der Waals surface area (Å²) in [4.78, 5) is 12.2. The van der Waals surface area contributed by atoms with Crippen molar-refractivity contribution in [3.63, 3.8) is 0 Å². The molecule has 0 spiro atoms. The lowest BCUT2D eigenvalue weighted by Crippen LogP contribution is -2.02. The third-order valence-electron chi connectivity index (χ3n) is 3.06. The SMILES string of the molecule is COc1ccc(C(C)=O)cc1CS(=O)c1ccccc1Br. The van der Waals surface area contributed by atoms with Crippen molar-refractivity contribution in [2.75, 3.05) is 7.11 Å². The first-order valence-corrected chi connectivity index (χ1v) is 8.45. The molecule has 5 heteroatoms. The molecule has 0 bridgehead atoms. The van der Waals surface area contributed by atoms with Crippen molar-refractivity contribution in [2.24, 2.45) is 0 Å². The van der Waals surface area contributed by atoms with E-state index in [9.17, 15) is 9.00 Å². The van der Waals surface area contributed by atoms with Crippen LogP contribution in [0.4, 0.5) is 0 Å². The number of ketones is 1. The number of carbonyl (C=O) groups is 1. The predicted octanol–water partition coefficient (Wildman–Crippen LogP) is 3.97. The molecule has 110 valence electrons. The molecule has 0 saturated heterocycles. The first-order valence-electron chi connectivity index (χ1n) is 6.33. The minimum Gasteiger partial charge on any atom is -0.496 e. The molecular weight excluding hydrogens is 352 g/mol. The van der Waals surface area contributed by atoms with Crippen molar-refractivity contribution in [1.82, 2.24) is 0 Å². The van der Waals surface area contributed by atoms with Gasteiger partial charge >= 0.3 is 0 Å². The van der Waals surface area contributed by atoms with Gasteiger partial charge < -0.3 is 4.74 Å². The van der Waals surface area contributed by atoms with Crippen molar-refractivity contribution in [1.29, 1.82) is 0 Å². The highest BCUT2D eigenvalue weighted by Crippen LogP contribution is 2.26. The quantitative estimate of drug-likeness (QED) is 0.752. The molecule has 1 unspecified atom stereocenters. The number of hydrogen-bond donors (Lipinski definition) is 0. The lowest BCUT2D eigenvalue weighted by Gasteiger charge is -2.10. The summed E-state index contributed by atoms with van der Waals surface area (Å²) in [6.07, 6.45) is 0. The summed E-state index contributed by atoms with van der Waals surface area (Å²) in [5.74, 6) is 0.915. The molecule has 0 aliphatic rings. The first-order chi connectivity index (χ1) is 10.0. The van der Waals surface area contributed by atoms with Gasteiger partial charge in [-0.1, -0.05) is 12.1 Å². The Bertz CT molecular complexity index is 698. The van der Waals surface area contributed by atoms with Crippen molar-refractivity contribution in [3.05, 3.63) is 58.1 Å². The highest BCUT2D eigenvalue weighted by Gasteiger charge is 2.13. The van der Waals surface area contributed by atoms with Gasteiger partial charge in [-0.15, -0.1) is 0 Å². The van der Waals surface area contributed by atoms with Crippen molar-refractivity contribution in [3.8, 4) is 5.75 Å². The topological polar surface area (TPSA) is 43.4 Å². The van der Waals surface area contributed by atoms with Crippen LogP contribution in [-0.2, 0) is 16.6 Å². The zero-order valence-electron chi connectivity index (χ0n) is 11.8. The highest BCUT2D eigenvalue weighted by atomic mass is 79.9. The van der Waals surface area contributed by atoms with Gasteiger partial charge in [-0.2, -0.15) is 0 Å². The van der Waals surface area contributed by atoms with E-state index < -0.39 is 10.8 Å². The maximum Gasteiger partial charge on any atom is 0.159 e.